The van der Waals surface area contributed by atoms with Gasteiger partial charge in [0.25, 0.3) is 0 Å². The third-order valence-corrected chi connectivity index (χ3v) is 4.99. The Bertz CT molecular complexity index is 927. The number of carbonyl (C=O) groups is 1. The van der Waals surface area contributed by atoms with E-state index in [1.165, 1.54) is 0 Å². The molecule has 3 heterocycles. The van der Waals surface area contributed by atoms with Crippen LogP contribution in [-0.2, 0) is 17.6 Å². The molecule has 26 heavy (non-hydrogen) atoms. The van der Waals surface area contributed by atoms with Gasteiger partial charge in [-0.05, 0) is 12.5 Å². The lowest BCUT2D eigenvalue weighted by molar-refractivity contribution is -0.127. The molecule has 1 aliphatic heterocycles. The van der Waals surface area contributed by atoms with E-state index in [-0.39, 0.29) is 11.8 Å². The van der Waals surface area contributed by atoms with E-state index in [4.69, 9.17) is 8.94 Å². The highest BCUT2D eigenvalue weighted by molar-refractivity contribution is 5.82. The van der Waals surface area contributed by atoms with Gasteiger partial charge in [-0.2, -0.15) is 4.98 Å². The van der Waals surface area contributed by atoms with Crippen LogP contribution in [0.2, 0.25) is 0 Å². The summed E-state index contributed by atoms with van der Waals surface area (Å²) in [5, 5.41) is 5.24. The van der Waals surface area contributed by atoms with Crippen LogP contribution in [0.15, 0.2) is 33.2 Å². The number of hydrogen-bond acceptors (Lipinski definition) is 5. The first kappa shape index (κ1) is 16.8. The van der Waals surface area contributed by atoms with Crippen LogP contribution in [-0.4, -0.2) is 34.0 Å². The van der Waals surface area contributed by atoms with Gasteiger partial charge in [0, 0.05) is 42.8 Å². The first-order chi connectivity index (χ1) is 12.7. The number of aryl methyl sites for hydroxylation is 1. The van der Waals surface area contributed by atoms with Crippen molar-refractivity contribution in [1.82, 2.24) is 15.0 Å². The van der Waals surface area contributed by atoms with Crippen molar-refractivity contribution in [2.45, 2.75) is 45.4 Å². The van der Waals surface area contributed by atoms with E-state index in [1.54, 1.807) is 0 Å². The maximum Gasteiger partial charge on any atom is 0.231 e. The molecule has 4 rings (SSSR count). The topological polar surface area (TPSA) is 72.4 Å². The Morgan fingerprint density at radius 3 is 2.92 bits per heavy atom. The Balaban J connectivity index is 1.56. The fourth-order valence-electron chi connectivity index (χ4n) is 3.72. The van der Waals surface area contributed by atoms with Crippen molar-refractivity contribution >= 4 is 16.9 Å². The van der Waals surface area contributed by atoms with Gasteiger partial charge in [-0.1, -0.05) is 37.2 Å². The molecular weight excluding hydrogens is 330 g/mol. The highest BCUT2D eigenvalue weighted by Crippen LogP contribution is 2.30. The number of carbonyl (C=O) groups excluding carboxylic acids is 1. The molecule has 6 heteroatoms. The fourth-order valence-corrected chi connectivity index (χ4v) is 3.72. The third kappa shape index (κ3) is 3.00. The monoisotopic (exact) mass is 353 g/mol. The van der Waals surface area contributed by atoms with E-state index in [1.807, 2.05) is 23.1 Å². The summed E-state index contributed by atoms with van der Waals surface area (Å²) in [7, 11) is 0. The van der Waals surface area contributed by atoms with Crippen molar-refractivity contribution in [3.8, 4) is 0 Å². The number of para-hydroxylation sites is 1. The predicted octanol–water partition coefficient (Wildman–Crippen LogP) is 3.69. The molecule has 0 spiro atoms. The highest BCUT2D eigenvalue weighted by Gasteiger charge is 2.33. The van der Waals surface area contributed by atoms with Crippen molar-refractivity contribution in [2.24, 2.45) is 0 Å². The molecule has 0 saturated carbocycles. The van der Waals surface area contributed by atoms with Crippen molar-refractivity contribution in [1.29, 1.82) is 0 Å². The maximum atomic E-state index is 12.1. The van der Waals surface area contributed by atoms with Gasteiger partial charge in [-0.25, -0.2) is 0 Å². The smallest absolute Gasteiger partial charge is 0.231 e. The number of rotatable bonds is 6. The van der Waals surface area contributed by atoms with Crippen LogP contribution in [0.3, 0.4) is 0 Å². The van der Waals surface area contributed by atoms with Gasteiger partial charge in [0.2, 0.25) is 11.8 Å². The number of benzene rings is 1. The summed E-state index contributed by atoms with van der Waals surface area (Å²) in [5.41, 5.74) is 1.99. The Hall–Kier alpha value is -2.63. The van der Waals surface area contributed by atoms with Gasteiger partial charge < -0.3 is 13.8 Å². The normalized spacial score (nSPS) is 17.5. The average Bonchev–Trinajstić information content (AvgIpc) is 3.34. The van der Waals surface area contributed by atoms with Gasteiger partial charge in [0.15, 0.2) is 5.82 Å². The molecule has 0 N–H and O–H groups in total. The standard InChI is InChI=1S/C20H23N3O3/c1-3-9-23-12-13(10-19(23)24)20-21-18(26-22-20)11-15-14-7-5-6-8-17(14)25-16(15)4-2/h5-8,13H,3-4,9-12H2,1-2H3. The van der Waals surface area contributed by atoms with Crippen LogP contribution < -0.4 is 0 Å². The van der Waals surface area contributed by atoms with Crippen LogP contribution >= 0.6 is 0 Å². The first-order valence-corrected chi connectivity index (χ1v) is 9.29. The molecule has 3 aromatic rings. The van der Waals surface area contributed by atoms with Crippen LogP contribution in [0.1, 0.15) is 55.6 Å². The lowest BCUT2D eigenvalue weighted by Crippen LogP contribution is -2.25. The summed E-state index contributed by atoms with van der Waals surface area (Å²) in [6.45, 7) is 5.63. The van der Waals surface area contributed by atoms with Crippen molar-refractivity contribution in [3.63, 3.8) is 0 Å². The number of hydrogen-bond donors (Lipinski definition) is 0. The molecule has 0 aliphatic carbocycles. The summed E-state index contributed by atoms with van der Waals surface area (Å²) in [6, 6.07) is 8.01. The second-order valence-corrected chi connectivity index (χ2v) is 6.82. The molecule has 0 radical (unpaired) electrons. The van der Waals surface area contributed by atoms with Crippen LogP contribution in [0.25, 0.3) is 11.0 Å². The first-order valence-electron chi connectivity index (χ1n) is 9.29. The molecule has 0 bridgehead atoms. The fraction of sp³-hybridized carbons (Fsp3) is 0.450. The molecule has 1 amide bonds. The molecule has 1 atom stereocenters. The molecule has 1 aromatic carbocycles. The van der Waals surface area contributed by atoms with Gasteiger partial charge in [-0.3, -0.25) is 4.79 Å². The van der Waals surface area contributed by atoms with E-state index in [2.05, 4.69) is 30.1 Å². The van der Waals surface area contributed by atoms with E-state index in [0.29, 0.717) is 31.1 Å². The molecule has 136 valence electrons. The zero-order valence-corrected chi connectivity index (χ0v) is 15.2. The lowest BCUT2D eigenvalue weighted by Gasteiger charge is -2.13. The Kier molecular flexibility index (Phi) is 4.49. The second-order valence-electron chi connectivity index (χ2n) is 6.82. The second kappa shape index (κ2) is 6.94. The van der Waals surface area contributed by atoms with Crippen LogP contribution in [0.5, 0.6) is 0 Å². The van der Waals surface area contributed by atoms with Crippen molar-refractivity contribution in [2.75, 3.05) is 13.1 Å². The predicted molar refractivity (Wildman–Crippen MR) is 96.9 cm³/mol. The number of fused-ring (bicyclic) bond motifs is 1. The number of furan rings is 1. The molecule has 1 saturated heterocycles. The third-order valence-electron chi connectivity index (χ3n) is 4.99. The Morgan fingerprint density at radius 1 is 1.27 bits per heavy atom. The summed E-state index contributed by atoms with van der Waals surface area (Å²) >= 11 is 0. The van der Waals surface area contributed by atoms with Gasteiger partial charge >= 0.3 is 0 Å². The van der Waals surface area contributed by atoms with Gasteiger partial charge in [0.1, 0.15) is 11.3 Å². The zero-order chi connectivity index (χ0) is 18.1. The SMILES string of the molecule is CCCN1CC(c2noc(Cc3c(CC)oc4ccccc34)n2)CC1=O. The molecule has 6 nitrogen and oxygen atoms in total. The number of aromatic nitrogens is 2. The molecule has 2 aromatic heterocycles. The van der Waals surface area contributed by atoms with E-state index in [9.17, 15) is 4.79 Å². The Morgan fingerprint density at radius 2 is 2.12 bits per heavy atom. The minimum absolute atomic E-state index is 0.0262. The van der Waals surface area contributed by atoms with E-state index < -0.39 is 0 Å². The van der Waals surface area contributed by atoms with E-state index in [0.717, 1.165) is 41.7 Å². The van der Waals surface area contributed by atoms with Gasteiger partial charge in [0.05, 0.1) is 6.42 Å². The van der Waals surface area contributed by atoms with E-state index >= 15 is 0 Å². The molecular formula is C20H23N3O3. The minimum atomic E-state index is 0.0262. The lowest BCUT2D eigenvalue weighted by atomic mass is 10.1. The van der Waals surface area contributed by atoms with Crippen LogP contribution in [0, 0.1) is 0 Å². The maximum absolute atomic E-state index is 12.1. The molecule has 1 unspecified atom stereocenters. The average molecular weight is 353 g/mol. The summed E-state index contributed by atoms with van der Waals surface area (Å²) < 4.78 is 11.4. The van der Waals surface area contributed by atoms with Crippen molar-refractivity contribution < 1.29 is 13.7 Å². The van der Waals surface area contributed by atoms with Crippen molar-refractivity contribution in [3.05, 3.63) is 47.3 Å². The largest absolute Gasteiger partial charge is 0.461 e. The highest BCUT2D eigenvalue weighted by atomic mass is 16.5. The number of likely N-dealkylation sites (tertiary alicyclic amines) is 1. The van der Waals surface area contributed by atoms with Crippen LogP contribution in [0.4, 0.5) is 0 Å². The molecule has 1 aliphatic rings. The minimum Gasteiger partial charge on any atom is -0.461 e. The summed E-state index contributed by atoms with van der Waals surface area (Å²) in [4.78, 5) is 18.5. The zero-order valence-electron chi connectivity index (χ0n) is 15.2. The molecule has 1 fully saturated rings. The number of nitrogens with zero attached hydrogens (tertiary/aromatic N) is 3. The number of amides is 1. The quantitative estimate of drug-likeness (QED) is 0.676. The summed E-state index contributed by atoms with van der Waals surface area (Å²) in [6.07, 6.45) is 2.79. The summed E-state index contributed by atoms with van der Waals surface area (Å²) in [5.74, 6) is 2.37. The Labute approximate surface area is 152 Å². The van der Waals surface area contributed by atoms with Gasteiger partial charge in [-0.15, -0.1) is 0 Å².